The number of nitrogens with zero attached hydrogens (tertiary/aromatic N) is 1. The number of nitrogens with two attached hydrogens (primary N) is 1. The molecule has 0 spiro atoms. The van der Waals surface area contributed by atoms with Crippen LogP contribution in [-0.2, 0) is 11.0 Å². The highest BCUT2D eigenvalue weighted by Gasteiger charge is 2.31. The van der Waals surface area contributed by atoms with Gasteiger partial charge in [-0.2, -0.15) is 13.2 Å². The SMILES string of the molecule is N[C@H](C=O)CN1CCC(Oc2cc(C(F)(F)F)ccc2Cl)CC1. The van der Waals surface area contributed by atoms with Gasteiger partial charge in [0.25, 0.3) is 0 Å². The first-order valence-corrected chi connectivity index (χ1v) is 7.64. The first kappa shape index (κ1) is 18.0. The standard InChI is InChI=1S/C15H18ClF3N2O2/c16-13-2-1-10(15(17,18)19)7-14(13)23-12-3-5-21(6-4-12)8-11(20)9-22/h1-2,7,9,11-12H,3-6,8,20H2/t11-/m0/s1. The summed E-state index contributed by atoms with van der Waals surface area (Å²) in [4.78, 5) is 12.6. The van der Waals surface area contributed by atoms with E-state index in [9.17, 15) is 18.0 Å². The topological polar surface area (TPSA) is 55.6 Å². The molecule has 1 aliphatic heterocycles. The number of benzene rings is 1. The number of rotatable bonds is 5. The highest BCUT2D eigenvalue weighted by atomic mass is 35.5. The van der Waals surface area contributed by atoms with E-state index in [1.165, 1.54) is 6.07 Å². The second-order valence-corrected chi connectivity index (χ2v) is 5.97. The van der Waals surface area contributed by atoms with Gasteiger partial charge in [-0.1, -0.05) is 11.6 Å². The van der Waals surface area contributed by atoms with Crippen LogP contribution in [0.5, 0.6) is 5.75 Å². The number of hydrogen-bond acceptors (Lipinski definition) is 4. The molecule has 0 aromatic heterocycles. The Hall–Kier alpha value is -1.31. The Morgan fingerprint density at radius 2 is 2.04 bits per heavy atom. The van der Waals surface area contributed by atoms with E-state index in [-0.39, 0.29) is 16.9 Å². The average Bonchev–Trinajstić information content (AvgIpc) is 2.50. The van der Waals surface area contributed by atoms with Crippen molar-refractivity contribution in [3.63, 3.8) is 0 Å². The van der Waals surface area contributed by atoms with Gasteiger partial charge >= 0.3 is 6.18 Å². The lowest BCUT2D eigenvalue weighted by Crippen LogP contribution is -2.44. The molecule has 0 amide bonds. The number of ether oxygens (including phenoxy) is 1. The molecule has 0 saturated carbocycles. The van der Waals surface area contributed by atoms with Crippen LogP contribution in [-0.4, -0.2) is 43.0 Å². The van der Waals surface area contributed by atoms with Crippen molar-refractivity contribution in [2.45, 2.75) is 31.2 Å². The Morgan fingerprint density at radius 1 is 1.39 bits per heavy atom. The van der Waals surface area contributed by atoms with Crippen LogP contribution in [0.4, 0.5) is 13.2 Å². The van der Waals surface area contributed by atoms with E-state index in [1.807, 2.05) is 4.90 Å². The molecular weight excluding hydrogens is 333 g/mol. The van der Waals surface area contributed by atoms with Gasteiger partial charge in [-0.15, -0.1) is 0 Å². The Labute approximate surface area is 137 Å². The quantitative estimate of drug-likeness (QED) is 0.830. The molecule has 23 heavy (non-hydrogen) atoms. The summed E-state index contributed by atoms with van der Waals surface area (Å²) in [6.45, 7) is 1.81. The van der Waals surface area contributed by atoms with Crippen LogP contribution in [0.1, 0.15) is 18.4 Å². The van der Waals surface area contributed by atoms with E-state index in [0.717, 1.165) is 12.1 Å². The van der Waals surface area contributed by atoms with Crippen molar-refractivity contribution in [1.82, 2.24) is 4.90 Å². The Morgan fingerprint density at radius 3 is 2.61 bits per heavy atom. The summed E-state index contributed by atoms with van der Waals surface area (Å²) in [6, 6.07) is 2.53. The van der Waals surface area contributed by atoms with Gasteiger partial charge in [0.05, 0.1) is 16.6 Å². The molecule has 1 heterocycles. The zero-order chi connectivity index (χ0) is 17.0. The lowest BCUT2D eigenvalue weighted by molar-refractivity contribution is -0.137. The molecule has 1 atom stereocenters. The molecule has 8 heteroatoms. The summed E-state index contributed by atoms with van der Waals surface area (Å²) >= 11 is 5.92. The summed E-state index contributed by atoms with van der Waals surface area (Å²) in [5.41, 5.74) is 4.79. The highest BCUT2D eigenvalue weighted by molar-refractivity contribution is 6.32. The highest BCUT2D eigenvalue weighted by Crippen LogP contribution is 2.35. The molecule has 1 fully saturated rings. The third-order valence-electron chi connectivity index (χ3n) is 3.73. The number of aldehydes is 1. The minimum absolute atomic E-state index is 0.0459. The number of likely N-dealkylation sites (tertiary alicyclic amines) is 1. The third-order valence-corrected chi connectivity index (χ3v) is 4.04. The molecule has 0 radical (unpaired) electrons. The van der Waals surface area contributed by atoms with Crippen LogP contribution < -0.4 is 10.5 Å². The second kappa shape index (κ2) is 7.51. The van der Waals surface area contributed by atoms with Crippen molar-refractivity contribution >= 4 is 17.9 Å². The maximum absolute atomic E-state index is 12.7. The summed E-state index contributed by atoms with van der Waals surface area (Å²) in [6.07, 6.45) is -2.67. The number of halogens is 4. The van der Waals surface area contributed by atoms with Gasteiger partial charge in [0.1, 0.15) is 18.1 Å². The third kappa shape index (κ3) is 5.09. The summed E-state index contributed by atoms with van der Waals surface area (Å²) in [5.74, 6) is 0.0459. The van der Waals surface area contributed by atoms with E-state index in [4.69, 9.17) is 22.1 Å². The van der Waals surface area contributed by atoms with Crippen molar-refractivity contribution < 1.29 is 22.7 Å². The molecule has 128 valence electrons. The van der Waals surface area contributed by atoms with Crippen LogP contribution in [0.15, 0.2) is 18.2 Å². The second-order valence-electron chi connectivity index (χ2n) is 5.56. The Balaban J connectivity index is 1.95. The van der Waals surface area contributed by atoms with Gasteiger partial charge in [0, 0.05) is 19.6 Å². The van der Waals surface area contributed by atoms with Crippen LogP contribution >= 0.6 is 11.6 Å². The molecule has 2 N–H and O–H groups in total. The summed E-state index contributed by atoms with van der Waals surface area (Å²) in [7, 11) is 0. The van der Waals surface area contributed by atoms with Gasteiger partial charge in [0.2, 0.25) is 0 Å². The lowest BCUT2D eigenvalue weighted by atomic mass is 10.1. The molecule has 0 bridgehead atoms. The van der Waals surface area contributed by atoms with E-state index in [2.05, 4.69) is 0 Å². The molecule has 1 saturated heterocycles. The van der Waals surface area contributed by atoms with Gasteiger partial charge in [-0.05, 0) is 31.0 Å². The van der Waals surface area contributed by atoms with E-state index >= 15 is 0 Å². The molecule has 4 nitrogen and oxygen atoms in total. The van der Waals surface area contributed by atoms with Crippen LogP contribution in [0, 0.1) is 0 Å². The molecule has 1 aliphatic rings. The fourth-order valence-corrected chi connectivity index (χ4v) is 2.66. The fraction of sp³-hybridized carbons (Fsp3) is 0.533. The molecule has 0 unspecified atom stereocenters. The zero-order valence-electron chi connectivity index (χ0n) is 12.4. The smallest absolute Gasteiger partial charge is 0.416 e. The monoisotopic (exact) mass is 350 g/mol. The largest absolute Gasteiger partial charge is 0.489 e. The minimum Gasteiger partial charge on any atom is -0.489 e. The number of hydrogen-bond donors (Lipinski definition) is 1. The molecule has 1 aromatic rings. The van der Waals surface area contributed by atoms with E-state index in [0.29, 0.717) is 38.8 Å². The van der Waals surface area contributed by atoms with Gasteiger partial charge < -0.3 is 20.2 Å². The maximum atomic E-state index is 12.7. The summed E-state index contributed by atoms with van der Waals surface area (Å²) in [5, 5.41) is 0.156. The van der Waals surface area contributed by atoms with Crippen molar-refractivity contribution in [2.75, 3.05) is 19.6 Å². The molecule has 2 rings (SSSR count). The maximum Gasteiger partial charge on any atom is 0.416 e. The first-order valence-electron chi connectivity index (χ1n) is 7.26. The van der Waals surface area contributed by atoms with Crippen molar-refractivity contribution in [1.29, 1.82) is 0 Å². The average molecular weight is 351 g/mol. The normalized spacial score (nSPS) is 18.7. The van der Waals surface area contributed by atoms with Crippen LogP contribution in [0.2, 0.25) is 5.02 Å². The van der Waals surface area contributed by atoms with Crippen LogP contribution in [0.3, 0.4) is 0 Å². The van der Waals surface area contributed by atoms with Crippen molar-refractivity contribution in [2.24, 2.45) is 5.73 Å². The fourth-order valence-electron chi connectivity index (χ4n) is 2.50. The molecular formula is C15H18ClF3N2O2. The minimum atomic E-state index is -4.43. The Bertz CT molecular complexity index is 546. The van der Waals surface area contributed by atoms with Crippen molar-refractivity contribution in [3.05, 3.63) is 28.8 Å². The van der Waals surface area contributed by atoms with Crippen LogP contribution in [0.25, 0.3) is 0 Å². The molecule has 0 aliphatic carbocycles. The van der Waals surface area contributed by atoms with E-state index < -0.39 is 17.8 Å². The van der Waals surface area contributed by atoms with Crippen molar-refractivity contribution in [3.8, 4) is 5.75 Å². The zero-order valence-corrected chi connectivity index (χ0v) is 13.1. The number of carbonyl (C=O) groups excluding carboxylic acids is 1. The number of alkyl halides is 3. The Kier molecular flexibility index (Phi) is 5.89. The summed E-state index contributed by atoms with van der Waals surface area (Å²) < 4.78 is 43.9. The first-order chi connectivity index (χ1) is 10.8. The predicted octanol–water partition coefficient (Wildman–Crippen LogP) is 2.73. The number of piperidine rings is 1. The van der Waals surface area contributed by atoms with E-state index in [1.54, 1.807) is 0 Å². The number of carbonyl (C=O) groups is 1. The molecule has 1 aromatic carbocycles. The lowest BCUT2D eigenvalue weighted by Gasteiger charge is -2.33. The van der Waals surface area contributed by atoms with Gasteiger partial charge in [-0.25, -0.2) is 0 Å². The van der Waals surface area contributed by atoms with Gasteiger partial charge in [0.15, 0.2) is 0 Å². The predicted molar refractivity (Wildman–Crippen MR) is 80.6 cm³/mol. The van der Waals surface area contributed by atoms with Gasteiger partial charge in [-0.3, -0.25) is 0 Å².